The number of nitrogens with two attached hydrogens (primary N) is 1. The Morgan fingerprint density at radius 2 is 2.59 bits per heavy atom. The van der Waals surface area contributed by atoms with Gasteiger partial charge in [-0.15, -0.1) is 11.3 Å². The number of imidazole rings is 1. The number of nitrogens with one attached hydrogen (secondary N) is 1. The zero-order chi connectivity index (χ0) is 11.8. The van der Waals surface area contributed by atoms with Crippen LogP contribution in [-0.4, -0.2) is 27.8 Å². The van der Waals surface area contributed by atoms with Crippen LogP contribution in [0.2, 0.25) is 0 Å². The summed E-state index contributed by atoms with van der Waals surface area (Å²) < 4.78 is 1.88. The molecule has 0 unspecified atom stereocenters. The Kier molecular flexibility index (Phi) is 2.70. The highest BCUT2D eigenvalue weighted by Gasteiger charge is 2.26. The smallest absolute Gasteiger partial charge is 0.198 e. The molecule has 90 valence electrons. The van der Waals surface area contributed by atoms with Crippen LogP contribution >= 0.6 is 11.3 Å². The van der Waals surface area contributed by atoms with Gasteiger partial charge in [0.15, 0.2) is 10.7 Å². The number of rotatable bonds is 3. The Labute approximate surface area is 103 Å². The molecule has 3 N–H and O–H groups in total. The normalized spacial score (nSPS) is 20.2. The lowest BCUT2D eigenvalue weighted by Gasteiger charge is -2.08. The average molecular weight is 250 g/mol. The zero-order valence-corrected chi connectivity index (χ0v) is 10.2. The first-order valence-electron chi connectivity index (χ1n) is 5.72. The van der Waals surface area contributed by atoms with Gasteiger partial charge in [-0.3, -0.25) is 9.20 Å². The summed E-state index contributed by atoms with van der Waals surface area (Å²) in [6.07, 6.45) is 3.63. The second kappa shape index (κ2) is 4.21. The van der Waals surface area contributed by atoms with Gasteiger partial charge in [0.1, 0.15) is 5.69 Å². The molecular formula is C11H14N4OS. The molecule has 1 fully saturated rings. The van der Waals surface area contributed by atoms with Gasteiger partial charge in [0.25, 0.3) is 0 Å². The van der Waals surface area contributed by atoms with Crippen molar-refractivity contribution in [1.82, 2.24) is 14.7 Å². The van der Waals surface area contributed by atoms with Gasteiger partial charge in [0, 0.05) is 17.6 Å². The molecule has 0 aromatic carbocycles. The van der Waals surface area contributed by atoms with Crippen LogP contribution in [0, 0.1) is 0 Å². The molecule has 0 saturated carbocycles. The van der Waals surface area contributed by atoms with Gasteiger partial charge in [0.05, 0.1) is 12.2 Å². The van der Waals surface area contributed by atoms with Crippen LogP contribution in [0.1, 0.15) is 29.0 Å². The standard InChI is InChI=1S/C11H14N4OS/c12-4-7-6-17-11-14-5-9(15(7)11)10(16)8-2-1-3-13-8/h5-6,8,13H,1-4,12H2/t8-/m0/s1. The maximum atomic E-state index is 12.3. The first kappa shape index (κ1) is 10.9. The average Bonchev–Trinajstić information content (AvgIpc) is 3.05. The van der Waals surface area contributed by atoms with Gasteiger partial charge in [-0.1, -0.05) is 0 Å². The predicted octanol–water partition coefficient (Wildman–Crippen LogP) is 0.789. The summed E-state index contributed by atoms with van der Waals surface area (Å²) in [6, 6.07) is -0.0552. The zero-order valence-electron chi connectivity index (χ0n) is 9.35. The van der Waals surface area contributed by atoms with E-state index in [1.807, 2.05) is 9.78 Å². The third kappa shape index (κ3) is 1.69. The van der Waals surface area contributed by atoms with E-state index in [0.717, 1.165) is 30.0 Å². The lowest BCUT2D eigenvalue weighted by atomic mass is 10.1. The third-order valence-electron chi connectivity index (χ3n) is 3.16. The molecule has 0 aliphatic carbocycles. The molecule has 1 atom stereocenters. The predicted molar refractivity (Wildman–Crippen MR) is 66.3 cm³/mol. The topological polar surface area (TPSA) is 72.4 Å². The molecular weight excluding hydrogens is 236 g/mol. The first-order chi connectivity index (χ1) is 8.31. The van der Waals surface area contributed by atoms with Crippen molar-refractivity contribution in [3.63, 3.8) is 0 Å². The molecule has 1 saturated heterocycles. The molecule has 0 spiro atoms. The Balaban J connectivity index is 2.03. The molecule has 3 heterocycles. The van der Waals surface area contributed by atoms with E-state index in [2.05, 4.69) is 10.3 Å². The highest BCUT2D eigenvalue weighted by molar-refractivity contribution is 7.15. The number of fused-ring (bicyclic) bond motifs is 1. The molecule has 0 bridgehead atoms. The van der Waals surface area contributed by atoms with Gasteiger partial charge in [-0.25, -0.2) is 4.98 Å². The summed E-state index contributed by atoms with van der Waals surface area (Å²) in [5, 5.41) is 5.18. The molecule has 1 aliphatic rings. The maximum Gasteiger partial charge on any atom is 0.198 e. The summed E-state index contributed by atoms with van der Waals surface area (Å²) in [5.74, 6) is 0.128. The van der Waals surface area contributed by atoms with Gasteiger partial charge in [-0.05, 0) is 19.4 Å². The summed E-state index contributed by atoms with van der Waals surface area (Å²) in [7, 11) is 0. The van der Waals surface area contributed by atoms with E-state index in [9.17, 15) is 4.79 Å². The van der Waals surface area contributed by atoms with Gasteiger partial charge in [0.2, 0.25) is 0 Å². The number of nitrogens with zero attached hydrogens (tertiary/aromatic N) is 2. The fourth-order valence-corrected chi connectivity index (χ4v) is 3.15. The number of hydrogen-bond acceptors (Lipinski definition) is 5. The van der Waals surface area contributed by atoms with Crippen molar-refractivity contribution in [2.24, 2.45) is 5.73 Å². The lowest BCUT2D eigenvalue weighted by Crippen LogP contribution is -2.31. The van der Waals surface area contributed by atoms with Crippen molar-refractivity contribution < 1.29 is 4.79 Å². The molecule has 2 aromatic rings. The monoisotopic (exact) mass is 250 g/mol. The number of hydrogen-bond donors (Lipinski definition) is 2. The number of aromatic nitrogens is 2. The summed E-state index contributed by atoms with van der Waals surface area (Å²) >= 11 is 1.52. The van der Waals surface area contributed by atoms with Crippen LogP contribution in [0.15, 0.2) is 11.6 Å². The van der Waals surface area contributed by atoms with Gasteiger partial charge < -0.3 is 11.1 Å². The summed E-state index contributed by atoms with van der Waals surface area (Å²) in [5.41, 5.74) is 7.27. The van der Waals surface area contributed by atoms with Gasteiger partial charge >= 0.3 is 0 Å². The molecule has 1 aliphatic heterocycles. The van der Waals surface area contributed by atoms with E-state index in [0.29, 0.717) is 12.2 Å². The molecule has 0 amide bonds. The van der Waals surface area contributed by atoms with Crippen LogP contribution in [0.25, 0.3) is 4.96 Å². The summed E-state index contributed by atoms with van der Waals surface area (Å²) in [4.78, 5) is 17.4. The second-order valence-corrected chi connectivity index (χ2v) is 5.04. The number of carbonyl (C=O) groups excluding carboxylic acids is 1. The molecule has 0 radical (unpaired) electrons. The van der Waals surface area contributed by atoms with Crippen LogP contribution in [0.5, 0.6) is 0 Å². The van der Waals surface area contributed by atoms with Crippen molar-refractivity contribution in [3.05, 3.63) is 23.0 Å². The number of thiazole rings is 1. The fraction of sp³-hybridized carbons (Fsp3) is 0.455. The Morgan fingerprint density at radius 3 is 3.29 bits per heavy atom. The second-order valence-electron chi connectivity index (χ2n) is 4.21. The number of carbonyl (C=O) groups is 1. The number of Topliss-reactive ketones (excluding diaryl/α,β-unsaturated/α-hetero) is 1. The largest absolute Gasteiger partial charge is 0.325 e. The van der Waals surface area contributed by atoms with Crippen molar-refractivity contribution in [1.29, 1.82) is 0 Å². The minimum absolute atomic E-state index is 0.0552. The van der Waals surface area contributed by atoms with Crippen molar-refractivity contribution in [3.8, 4) is 0 Å². The van der Waals surface area contributed by atoms with E-state index < -0.39 is 0 Å². The summed E-state index contributed by atoms with van der Waals surface area (Å²) in [6.45, 7) is 1.35. The van der Waals surface area contributed by atoms with E-state index in [-0.39, 0.29) is 11.8 Å². The van der Waals surface area contributed by atoms with Crippen molar-refractivity contribution >= 4 is 22.1 Å². The Bertz CT molecular complexity index is 553. The third-order valence-corrected chi connectivity index (χ3v) is 4.04. The van der Waals surface area contributed by atoms with Crippen molar-refractivity contribution in [2.75, 3.05) is 6.54 Å². The van der Waals surface area contributed by atoms with Gasteiger partial charge in [-0.2, -0.15) is 0 Å². The minimum Gasteiger partial charge on any atom is -0.325 e. The van der Waals surface area contributed by atoms with Crippen LogP contribution < -0.4 is 11.1 Å². The maximum absolute atomic E-state index is 12.3. The van der Waals surface area contributed by atoms with Crippen LogP contribution in [-0.2, 0) is 6.54 Å². The highest BCUT2D eigenvalue weighted by Crippen LogP contribution is 2.20. The fourth-order valence-electron chi connectivity index (χ4n) is 2.27. The van der Waals surface area contributed by atoms with E-state index in [1.54, 1.807) is 6.20 Å². The van der Waals surface area contributed by atoms with E-state index >= 15 is 0 Å². The van der Waals surface area contributed by atoms with Crippen LogP contribution in [0.4, 0.5) is 0 Å². The SMILES string of the molecule is NCc1csc2ncc(C(=O)[C@@H]3CCCN3)n12. The molecule has 17 heavy (non-hydrogen) atoms. The van der Waals surface area contributed by atoms with E-state index in [4.69, 9.17) is 5.73 Å². The number of ketones is 1. The minimum atomic E-state index is -0.0552. The highest BCUT2D eigenvalue weighted by atomic mass is 32.1. The molecule has 5 nitrogen and oxygen atoms in total. The first-order valence-corrected chi connectivity index (χ1v) is 6.60. The van der Waals surface area contributed by atoms with Crippen LogP contribution in [0.3, 0.4) is 0 Å². The quantitative estimate of drug-likeness (QED) is 0.790. The Hall–Kier alpha value is -1.24. The molecule has 6 heteroatoms. The van der Waals surface area contributed by atoms with E-state index in [1.165, 1.54) is 11.3 Å². The molecule has 2 aromatic heterocycles. The Morgan fingerprint density at radius 1 is 1.71 bits per heavy atom. The molecule has 3 rings (SSSR count). The lowest BCUT2D eigenvalue weighted by molar-refractivity contribution is 0.0946. The van der Waals surface area contributed by atoms with Crippen molar-refractivity contribution in [2.45, 2.75) is 25.4 Å².